The molecule has 5 heteroatoms. The van der Waals surface area contributed by atoms with Gasteiger partial charge in [-0.05, 0) is 11.6 Å². The Morgan fingerprint density at radius 1 is 1.73 bits per heavy atom. The van der Waals surface area contributed by atoms with Crippen LogP contribution in [0.25, 0.3) is 0 Å². The van der Waals surface area contributed by atoms with Crippen molar-refractivity contribution in [1.82, 2.24) is 4.98 Å². The summed E-state index contributed by atoms with van der Waals surface area (Å²) in [7, 11) is 5.40. The first kappa shape index (κ1) is 9.01. The van der Waals surface area contributed by atoms with Gasteiger partial charge in [-0.15, -0.1) is 0 Å². The van der Waals surface area contributed by atoms with Gasteiger partial charge in [0.25, 0.3) is 0 Å². The van der Waals surface area contributed by atoms with Crippen molar-refractivity contribution in [2.75, 3.05) is 0 Å². The first-order valence-corrected chi connectivity index (χ1v) is 4.11. The average molecular weight is 234 g/mol. The molecule has 0 aromatic carbocycles. The van der Waals surface area contributed by atoms with Crippen molar-refractivity contribution in [3.63, 3.8) is 0 Å². The second-order valence-electron chi connectivity index (χ2n) is 1.94. The summed E-state index contributed by atoms with van der Waals surface area (Å²) in [5.41, 5.74) is 0.562. The van der Waals surface area contributed by atoms with E-state index in [0.717, 1.165) is 0 Å². The third-order valence-corrected chi connectivity index (χ3v) is 1.94. The SMILES string of the molecule is [B]C(Br)c1cnc(Cl)c(F)c1. The largest absolute Gasteiger partial charge is 0.241 e. The van der Waals surface area contributed by atoms with Crippen molar-refractivity contribution in [1.29, 1.82) is 0 Å². The molecule has 2 radical (unpaired) electrons. The van der Waals surface area contributed by atoms with Crippen molar-refractivity contribution >= 4 is 35.4 Å². The van der Waals surface area contributed by atoms with E-state index in [1.54, 1.807) is 0 Å². The van der Waals surface area contributed by atoms with E-state index in [9.17, 15) is 4.39 Å². The Hall–Kier alpha value is -0.0851. The van der Waals surface area contributed by atoms with Gasteiger partial charge >= 0.3 is 0 Å². The molecule has 1 aromatic heterocycles. The highest BCUT2D eigenvalue weighted by Gasteiger charge is 2.05. The fourth-order valence-electron chi connectivity index (χ4n) is 0.587. The molecule has 1 atom stereocenters. The average Bonchev–Trinajstić information content (AvgIpc) is 1.94. The first-order chi connectivity index (χ1) is 5.11. The quantitative estimate of drug-likeness (QED) is 0.413. The van der Waals surface area contributed by atoms with Crippen LogP contribution in [0.2, 0.25) is 5.15 Å². The Morgan fingerprint density at radius 2 is 2.36 bits per heavy atom. The molecule has 0 spiro atoms. The van der Waals surface area contributed by atoms with Crippen LogP contribution >= 0.6 is 27.5 Å². The minimum Gasteiger partial charge on any atom is -0.241 e. The third kappa shape index (κ3) is 2.17. The zero-order valence-electron chi connectivity index (χ0n) is 5.39. The highest BCUT2D eigenvalue weighted by atomic mass is 79.9. The summed E-state index contributed by atoms with van der Waals surface area (Å²) in [4.78, 5) is 3.58. The maximum absolute atomic E-state index is 12.7. The minimum absolute atomic E-state index is 0.137. The predicted octanol–water partition coefficient (Wildman–Crippen LogP) is 2.44. The van der Waals surface area contributed by atoms with E-state index >= 15 is 0 Å². The molecule has 0 aliphatic carbocycles. The van der Waals surface area contributed by atoms with E-state index < -0.39 is 10.5 Å². The Labute approximate surface area is 78.5 Å². The highest BCUT2D eigenvalue weighted by Crippen LogP contribution is 2.20. The second kappa shape index (κ2) is 3.54. The van der Waals surface area contributed by atoms with E-state index in [4.69, 9.17) is 19.4 Å². The fraction of sp³-hybridized carbons (Fsp3) is 0.167. The molecule has 0 N–H and O–H groups in total. The molecular weight excluding hydrogens is 231 g/mol. The predicted molar refractivity (Wildman–Crippen MR) is 46.6 cm³/mol. The van der Waals surface area contributed by atoms with Gasteiger partial charge < -0.3 is 0 Å². The molecule has 1 heterocycles. The number of hydrogen-bond donors (Lipinski definition) is 0. The van der Waals surface area contributed by atoms with Crippen molar-refractivity contribution < 1.29 is 4.39 Å². The van der Waals surface area contributed by atoms with Gasteiger partial charge in [0.15, 0.2) is 11.0 Å². The second-order valence-corrected chi connectivity index (χ2v) is 3.29. The Bertz CT molecular complexity index is 269. The molecule has 0 saturated heterocycles. The van der Waals surface area contributed by atoms with Crippen molar-refractivity contribution in [3.8, 4) is 0 Å². The fourth-order valence-corrected chi connectivity index (χ4v) is 0.941. The normalized spacial score (nSPS) is 13.0. The van der Waals surface area contributed by atoms with Crippen LogP contribution in [-0.4, -0.2) is 12.8 Å². The number of halogens is 3. The van der Waals surface area contributed by atoms with Gasteiger partial charge in [0, 0.05) is 10.9 Å². The van der Waals surface area contributed by atoms with E-state index in [0.29, 0.717) is 5.56 Å². The minimum atomic E-state index is -0.556. The number of alkyl halides is 1. The Balaban J connectivity index is 3.05. The molecule has 1 nitrogen and oxygen atoms in total. The zero-order valence-corrected chi connectivity index (χ0v) is 7.73. The summed E-state index contributed by atoms with van der Waals surface area (Å²) in [6.45, 7) is 0. The van der Waals surface area contributed by atoms with Crippen LogP contribution < -0.4 is 0 Å². The van der Waals surface area contributed by atoms with Crippen LogP contribution in [0, 0.1) is 5.82 Å². The van der Waals surface area contributed by atoms with E-state index in [1.807, 2.05) is 0 Å². The highest BCUT2D eigenvalue weighted by molar-refractivity contribution is 9.09. The third-order valence-electron chi connectivity index (χ3n) is 1.14. The van der Waals surface area contributed by atoms with E-state index in [2.05, 4.69) is 20.9 Å². The van der Waals surface area contributed by atoms with Crippen LogP contribution in [0.1, 0.15) is 10.3 Å². The summed E-state index contributed by atoms with van der Waals surface area (Å²) in [6.07, 6.45) is 1.42. The van der Waals surface area contributed by atoms with Gasteiger partial charge in [-0.1, -0.05) is 27.5 Å². The van der Waals surface area contributed by atoms with Crippen LogP contribution in [0.4, 0.5) is 4.39 Å². The Morgan fingerprint density at radius 3 is 2.82 bits per heavy atom. The molecule has 0 fully saturated rings. The molecule has 0 saturated carbocycles. The van der Waals surface area contributed by atoms with Gasteiger partial charge in [-0.2, -0.15) is 0 Å². The number of pyridine rings is 1. The summed E-state index contributed by atoms with van der Waals surface area (Å²) < 4.78 is 12.3. The number of rotatable bonds is 1. The van der Waals surface area contributed by atoms with Crippen LogP contribution in [0.5, 0.6) is 0 Å². The van der Waals surface area contributed by atoms with Crippen LogP contribution in [0.3, 0.4) is 0 Å². The summed E-state index contributed by atoms with van der Waals surface area (Å²) >= 11 is 8.41. The zero-order chi connectivity index (χ0) is 8.43. The maximum Gasteiger partial charge on any atom is 0.164 e. The summed E-state index contributed by atoms with van der Waals surface area (Å²) in [5.74, 6) is -0.556. The number of nitrogens with zero attached hydrogens (tertiary/aromatic N) is 1. The first-order valence-electron chi connectivity index (χ1n) is 2.82. The van der Waals surface area contributed by atoms with Gasteiger partial charge in [0.1, 0.15) is 0 Å². The van der Waals surface area contributed by atoms with Crippen molar-refractivity contribution in [2.24, 2.45) is 0 Å². The molecule has 11 heavy (non-hydrogen) atoms. The smallest absolute Gasteiger partial charge is 0.164 e. The van der Waals surface area contributed by atoms with E-state index in [-0.39, 0.29) is 5.15 Å². The molecule has 1 rings (SSSR count). The molecule has 0 amide bonds. The Kier molecular flexibility index (Phi) is 2.90. The molecule has 1 unspecified atom stereocenters. The molecular formula is C6H3BBrClFN. The van der Waals surface area contributed by atoms with E-state index in [1.165, 1.54) is 12.3 Å². The summed E-state index contributed by atoms with van der Waals surface area (Å²) in [6, 6.07) is 1.24. The number of hydrogen-bond acceptors (Lipinski definition) is 1. The van der Waals surface area contributed by atoms with Crippen LogP contribution in [-0.2, 0) is 0 Å². The van der Waals surface area contributed by atoms with Crippen molar-refractivity contribution in [2.45, 2.75) is 4.73 Å². The summed E-state index contributed by atoms with van der Waals surface area (Å²) in [5, 5.41) is -0.137. The molecule has 0 aliphatic rings. The number of aromatic nitrogens is 1. The monoisotopic (exact) mass is 233 g/mol. The molecule has 0 bridgehead atoms. The lowest BCUT2D eigenvalue weighted by Gasteiger charge is -2.02. The van der Waals surface area contributed by atoms with Crippen LogP contribution in [0.15, 0.2) is 12.3 Å². The topological polar surface area (TPSA) is 12.9 Å². The lowest BCUT2D eigenvalue weighted by atomic mass is 9.98. The molecule has 56 valence electrons. The van der Waals surface area contributed by atoms with Gasteiger partial charge in [-0.25, -0.2) is 9.37 Å². The van der Waals surface area contributed by atoms with Crippen molar-refractivity contribution in [3.05, 3.63) is 28.8 Å². The van der Waals surface area contributed by atoms with Gasteiger partial charge in [0.05, 0.1) is 7.85 Å². The maximum atomic E-state index is 12.7. The molecule has 0 aliphatic heterocycles. The molecule has 1 aromatic rings. The lowest BCUT2D eigenvalue weighted by Crippen LogP contribution is -1.92. The standard InChI is InChI=1S/C6H3BBrClFN/c7-5(8)3-1-4(10)6(9)11-2-3/h1-2,5H. The van der Waals surface area contributed by atoms with Gasteiger partial charge in [-0.3, -0.25) is 0 Å². The lowest BCUT2D eigenvalue weighted by molar-refractivity contribution is 0.620. The van der Waals surface area contributed by atoms with Gasteiger partial charge in [0.2, 0.25) is 0 Å².